The van der Waals surface area contributed by atoms with E-state index in [0.29, 0.717) is 12.5 Å². The molecule has 7 heteroatoms. The number of halogens is 1. The molecule has 1 atom stereocenters. The molecule has 0 aromatic carbocycles. The van der Waals surface area contributed by atoms with Gasteiger partial charge in [0.25, 0.3) is 0 Å². The summed E-state index contributed by atoms with van der Waals surface area (Å²) >= 11 is 0. The summed E-state index contributed by atoms with van der Waals surface area (Å²) in [6.07, 6.45) is 5.26. The fraction of sp³-hybridized carbons (Fsp3) is 0.529. The molecule has 1 N–H and O–H groups in total. The Kier molecular flexibility index (Phi) is 6.85. The zero-order chi connectivity index (χ0) is 16.2. The number of aromatic nitrogens is 2. The molecule has 0 bridgehead atoms. The van der Waals surface area contributed by atoms with E-state index in [-0.39, 0.29) is 24.0 Å². The number of aliphatic imine (C=N–C) groups is 1. The standard InChI is InChI=1S/C17H25N5O.HI/c1-13-4-6-21-11-15(20-16(21)8-13)9-19-17(18-2)22-7-5-14(10-22)12-23-3;/h4,6,8,11,14H,5,7,9-10,12H2,1-3H3,(H,18,19);1H. The monoisotopic (exact) mass is 443 g/mol. The van der Waals surface area contributed by atoms with E-state index >= 15 is 0 Å². The summed E-state index contributed by atoms with van der Waals surface area (Å²) in [5.74, 6) is 1.54. The fourth-order valence-electron chi connectivity index (χ4n) is 3.12. The number of guanidine groups is 1. The summed E-state index contributed by atoms with van der Waals surface area (Å²) in [6, 6.07) is 4.18. The van der Waals surface area contributed by atoms with Gasteiger partial charge >= 0.3 is 0 Å². The first-order chi connectivity index (χ1) is 11.2. The maximum absolute atomic E-state index is 5.26. The Morgan fingerprint density at radius 3 is 3.08 bits per heavy atom. The Bertz CT molecular complexity index is 699. The molecule has 1 aliphatic heterocycles. The van der Waals surface area contributed by atoms with Gasteiger partial charge in [-0.3, -0.25) is 4.99 Å². The number of pyridine rings is 1. The van der Waals surface area contributed by atoms with E-state index in [9.17, 15) is 0 Å². The first-order valence-electron chi connectivity index (χ1n) is 8.08. The van der Waals surface area contributed by atoms with Crippen LogP contribution in [0.3, 0.4) is 0 Å². The van der Waals surface area contributed by atoms with Crippen molar-refractivity contribution in [1.82, 2.24) is 19.6 Å². The van der Waals surface area contributed by atoms with Crippen LogP contribution in [0.5, 0.6) is 0 Å². The van der Waals surface area contributed by atoms with Crippen molar-refractivity contribution < 1.29 is 4.74 Å². The van der Waals surface area contributed by atoms with Crippen LogP contribution in [0.1, 0.15) is 17.7 Å². The van der Waals surface area contributed by atoms with Crippen LogP contribution in [0.25, 0.3) is 5.65 Å². The molecule has 1 saturated heterocycles. The topological polar surface area (TPSA) is 54.2 Å². The second-order valence-corrected chi connectivity index (χ2v) is 6.16. The Hall–Kier alpha value is -1.35. The van der Waals surface area contributed by atoms with E-state index in [4.69, 9.17) is 4.74 Å². The Morgan fingerprint density at radius 1 is 1.50 bits per heavy atom. The third kappa shape index (κ3) is 4.38. The molecule has 1 aliphatic rings. The van der Waals surface area contributed by atoms with Crippen molar-refractivity contribution in [3.05, 3.63) is 35.8 Å². The van der Waals surface area contributed by atoms with Gasteiger partial charge in [0.1, 0.15) is 5.65 Å². The molecule has 24 heavy (non-hydrogen) atoms. The molecule has 2 aromatic heterocycles. The SMILES string of the molecule is CN=C(NCc1cn2ccc(C)cc2n1)N1CCC(COC)C1.I. The summed E-state index contributed by atoms with van der Waals surface area (Å²) in [5, 5.41) is 3.43. The predicted molar refractivity (Wildman–Crippen MR) is 107 cm³/mol. The largest absolute Gasteiger partial charge is 0.384 e. The van der Waals surface area contributed by atoms with Crippen LogP contribution in [0.4, 0.5) is 0 Å². The molecule has 0 radical (unpaired) electrons. The maximum atomic E-state index is 5.26. The van der Waals surface area contributed by atoms with Gasteiger partial charge in [0.15, 0.2) is 5.96 Å². The highest BCUT2D eigenvalue weighted by molar-refractivity contribution is 14.0. The van der Waals surface area contributed by atoms with Crippen LogP contribution in [0, 0.1) is 12.8 Å². The van der Waals surface area contributed by atoms with E-state index < -0.39 is 0 Å². The third-order valence-corrected chi connectivity index (χ3v) is 4.29. The van der Waals surface area contributed by atoms with Crippen molar-refractivity contribution in [1.29, 1.82) is 0 Å². The molecule has 0 amide bonds. The van der Waals surface area contributed by atoms with Crippen LogP contribution in [0.2, 0.25) is 0 Å². The quantitative estimate of drug-likeness (QED) is 0.448. The minimum atomic E-state index is 0. The van der Waals surface area contributed by atoms with Crippen molar-refractivity contribution in [2.75, 3.05) is 33.9 Å². The Morgan fingerprint density at radius 2 is 2.33 bits per heavy atom. The zero-order valence-electron chi connectivity index (χ0n) is 14.5. The van der Waals surface area contributed by atoms with Crippen molar-refractivity contribution in [2.45, 2.75) is 19.9 Å². The van der Waals surface area contributed by atoms with E-state index in [1.165, 1.54) is 5.56 Å². The van der Waals surface area contributed by atoms with Crippen molar-refractivity contribution in [3.8, 4) is 0 Å². The van der Waals surface area contributed by atoms with Gasteiger partial charge in [-0.25, -0.2) is 4.98 Å². The molecule has 0 saturated carbocycles. The third-order valence-electron chi connectivity index (χ3n) is 4.29. The molecule has 2 aromatic rings. The summed E-state index contributed by atoms with van der Waals surface area (Å²) in [4.78, 5) is 11.4. The average molecular weight is 443 g/mol. The fourth-order valence-corrected chi connectivity index (χ4v) is 3.12. The van der Waals surface area contributed by atoms with E-state index in [1.54, 1.807) is 7.11 Å². The lowest BCUT2D eigenvalue weighted by Gasteiger charge is -2.21. The highest BCUT2D eigenvalue weighted by atomic mass is 127. The molecule has 0 spiro atoms. The number of fused-ring (bicyclic) bond motifs is 1. The van der Waals surface area contributed by atoms with Gasteiger partial charge < -0.3 is 19.4 Å². The van der Waals surface area contributed by atoms with Crippen LogP contribution in [-0.4, -0.2) is 54.1 Å². The average Bonchev–Trinajstić information content (AvgIpc) is 3.15. The summed E-state index contributed by atoms with van der Waals surface area (Å²) in [7, 11) is 3.60. The predicted octanol–water partition coefficient (Wildman–Crippen LogP) is 2.30. The first kappa shape index (κ1) is 19.0. The molecule has 0 aliphatic carbocycles. The van der Waals surface area contributed by atoms with Gasteiger partial charge in [0, 0.05) is 45.6 Å². The van der Waals surface area contributed by atoms with E-state index in [0.717, 1.165) is 43.4 Å². The number of hydrogen-bond donors (Lipinski definition) is 1. The number of imidazole rings is 1. The van der Waals surface area contributed by atoms with Gasteiger partial charge in [0.2, 0.25) is 0 Å². The van der Waals surface area contributed by atoms with Gasteiger partial charge in [-0.1, -0.05) is 0 Å². The highest BCUT2D eigenvalue weighted by Gasteiger charge is 2.24. The smallest absolute Gasteiger partial charge is 0.193 e. The molecule has 3 rings (SSSR count). The number of nitrogens with one attached hydrogen (secondary N) is 1. The minimum Gasteiger partial charge on any atom is -0.384 e. The number of aryl methyl sites for hydroxylation is 1. The second kappa shape index (κ2) is 8.66. The lowest BCUT2D eigenvalue weighted by molar-refractivity contribution is 0.157. The number of likely N-dealkylation sites (tertiary alicyclic amines) is 1. The number of methoxy groups -OCH3 is 1. The normalized spacial score (nSPS) is 18.0. The molecule has 6 nitrogen and oxygen atoms in total. The van der Waals surface area contributed by atoms with Crippen LogP contribution < -0.4 is 5.32 Å². The van der Waals surface area contributed by atoms with E-state index in [2.05, 4.69) is 49.8 Å². The highest BCUT2D eigenvalue weighted by Crippen LogP contribution is 2.16. The van der Waals surface area contributed by atoms with Gasteiger partial charge in [-0.2, -0.15) is 0 Å². The molecular formula is C17H26IN5O. The van der Waals surface area contributed by atoms with E-state index in [1.807, 2.05) is 13.2 Å². The summed E-state index contributed by atoms with van der Waals surface area (Å²) < 4.78 is 7.31. The Labute approximate surface area is 160 Å². The van der Waals surface area contributed by atoms with Gasteiger partial charge in [0.05, 0.1) is 18.8 Å². The minimum absolute atomic E-state index is 0. The zero-order valence-corrected chi connectivity index (χ0v) is 16.9. The molecular weight excluding hydrogens is 417 g/mol. The summed E-state index contributed by atoms with van der Waals surface area (Å²) in [5.41, 5.74) is 3.22. The lowest BCUT2D eigenvalue weighted by Crippen LogP contribution is -2.39. The second-order valence-electron chi connectivity index (χ2n) is 6.16. The maximum Gasteiger partial charge on any atom is 0.193 e. The Balaban J connectivity index is 0.00000208. The number of nitrogens with zero attached hydrogens (tertiary/aromatic N) is 4. The van der Waals surface area contributed by atoms with Crippen LogP contribution in [-0.2, 0) is 11.3 Å². The molecule has 1 fully saturated rings. The van der Waals surface area contributed by atoms with Crippen molar-refractivity contribution in [2.24, 2.45) is 10.9 Å². The van der Waals surface area contributed by atoms with Gasteiger partial charge in [-0.05, 0) is 31.0 Å². The number of ether oxygens (including phenoxy) is 1. The number of hydrogen-bond acceptors (Lipinski definition) is 3. The van der Waals surface area contributed by atoms with Crippen molar-refractivity contribution in [3.63, 3.8) is 0 Å². The first-order valence-corrected chi connectivity index (χ1v) is 8.08. The molecule has 1 unspecified atom stereocenters. The summed E-state index contributed by atoms with van der Waals surface area (Å²) in [6.45, 7) is 5.60. The van der Waals surface area contributed by atoms with Crippen LogP contribution >= 0.6 is 24.0 Å². The van der Waals surface area contributed by atoms with Gasteiger partial charge in [-0.15, -0.1) is 24.0 Å². The van der Waals surface area contributed by atoms with Crippen LogP contribution in [0.15, 0.2) is 29.5 Å². The number of rotatable bonds is 4. The van der Waals surface area contributed by atoms with Crippen molar-refractivity contribution >= 4 is 35.6 Å². The molecule has 3 heterocycles. The molecule has 132 valence electrons. The lowest BCUT2D eigenvalue weighted by atomic mass is 10.1.